The number of carbonyl (C=O) groups is 2. The molecule has 2 aromatic carbocycles. The van der Waals surface area contributed by atoms with Gasteiger partial charge in [-0.2, -0.15) is 0 Å². The number of hydrogen-bond acceptors (Lipinski definition) is 3. The van der Waals surface area contributed by atoms with Crippen LogP contribution in [0, 0.1) is 6.92 Å². The van der Waals surface area contributed by atoms with E-state index < -0.39 is 0 Å². The van der Waals surface area contributed by atoms with Crippen LogP contribution in [0.1, 0.15) is 24.1 Å². The lowest BCUT2D eigenvalue weighted by Crippen LogP contribution is -2.28. The quantitative estimate of drug-likeness (QED) is 0.809. The Morgan fingerprint density at radius 2 is 1.58 bits per heavy atom. The second-order valence-electron chi connectivity index (χ2n) is 5.61. The van der Waals surface area contributed by atoms with E-state index in [4.69, 9.17) is 0 Å². The highest BCUT2D eigenvalue weighted by molar-refractivity contribution is 8.00. The Morgan fingerprint density at radius 1 is 0.958 bits per heavy atom. The van der Waals surface area contributed by atoms with Gasteiger partial charge in [-0.1, -0.05) is 48.0 Å². The van der Waals surface area contributed by atoms with Crippen LogP contribution in [0.15, 0.2) is 54.6 Å². The van der Waals surface area contributed by atoms with E-state index in [1.807, 2.05) is 68.4 Å². The standard InChI is InChI=1S/C19H22N2O2S/c1-14-8-10-17(11-9-14)21-19(23)13-24-12-18(22)20-15(2)16-6-4-3-5-7-16/h3-11,15H,12-13H2,1-2H3,(H,20,22)(H,21,23)/t15-/m0/s1. The maximum atomic E-state index is 11.9. The van der Waals surface area contributed by atoms with Crippen molar-refractivity contribution in [3.63, 3.8) is 0 Å². The molecule has 0 saturated heterocycles. The van der Waals surface area contributed by atoms with Gasteiger partial charge in [0.05, 0.1) is 17.5 Å². The van der Waals surface area contributed by atoms with Gasteiger partial charge in [-0.3, -0.25) is 9.59 Å². The van der Waals surface area contributed by atoms with E-state index in [1.54, 1.807) is 0 Å². The van der Waals surface area contributed by atoms with Crippen molar-refractivity contribution < 1.29 is 9.59 Å². The van der Waals surface area contributed by atoms with Crippen LogP contribution in [-0.4, -0.2) is 23.3 Å². The summed E-state index contributed by atoms with van der Waals surface area (Å²) in [6.45, 7) is 3.94. The summed E-state index contributed by atoms with van der Waals surface area (Å²) in [5.74, 6) is 0.340. The fraction of sp³-hybridized carbons (Fsp3) is 0.263. The zero-order valence-electron chi connectivity index (χ0n) is 13.9. The molecule has 126 valence electrons. The fourth-order valence-electron chi connectivity index (χ4n) is 2.18. The van der Waals surface area contributed by atoms with Gasteiger partial charge < -0.3 is 10.6 Å². The largest absolute Gasteiger partial charge is 0.349 e. The monoisotopic (exact) mass is 342 g/mol. The zero-order chi connectivity index (χ0) is 17.4. The highest BCUT2D eigenvalue weighted by atomic mass is 32.2. The Bertz CT molecular complexity index is 672. The number of amides is 2. The zero-order valence-corrected chi connectivity index (χ0v) is 14.7. The van der Waals surface area contributed by atoms with Gasteiger partial charge in [0, 0.05) is 5.69 Å². The number of aryl methyl sites for hydroxylation is 1. The van der Waals surface area contributed by atoms with Gasteiger partial charge in [-0.25, -0.2) is 0 Å². The summed E-state index contributed by atoms with van der Waals surface area (Å²) in [4.78, 5) is 23.8. The molecular weight excluding hydrogens is 320 g/mol. The van der Waals surface area contributed by atoms with Crippen LogP contribution in [0.5, 0.6) is 0 Å². The molecule has 2 amide bonds. The molecule has 1 atom stereocenters. The lowest BCUT2D eigenvalue weighted by molar-refractivity contribution is -0.119. The minimum atomic E-state index is -0.104. The Kier molecular flexibility index (Phi) is 6.88. The van der Waals surface area contributed by atoms with E-state index in [0.717, 1.165) is 16.8 Å². The molecule has 0 unspecified atom stereocenters. The molecule has 0 aliphatic carbocycles. The average molecular weight is 342 g/mol. The van der Waals surface area contributed by atoms with Crippen molar-refractivity contribution in [1.29, 1.82) is 0 Å². The van der Waals surface area contributed by atoms with Crippen LogP contribution in [0.25, 0.3) is 0 Å². The topological polar surface area (TPSA) is 58.2 Å². The number of rotatable bonds is 7. The molecule has 0 spiro atoms. The predicted molar refractivity (Wildman–Crippen MR) is 100 cm³/mol. The van der Waals surface area contributed by atoms with Crippen molar-refractivity contribution >= 4 is 29.3 Å². The summed E-state index contributed by atoms with van der Waals surface area (Å²) in [5, 5.41) is 5.75. The van der Waals surface area contributed by atoms with Crippen molar-refractivity contribution in [3.05, 3.63) is 65.7 Å². The lowest BCUT2D eigenvalue weighted by Gasteiger charge is -2.14. The first-order valence-electron chi connectivity index (χ1n) is 7.83. The van der Waals surface area contributed by atoms with Crippen molar-refractivity contribution in [1.82, 2.24) is 5.32 Å². The number of hydrogen-bond donors (Lipinski definition) is 2. The highest BCUT2D eigenvalue weighted by Crippen LogP contribution is 2.12. The molecule has 0 heterocycles. The van der Waals surface area contributed by atoms with Crippen LogP contribution >= 0.6 is 11.8 Å². The number of benzene rings is 2. The van der Waals surface area contributed by atoms with Gasteiger partial charge in [0.2, 0.25) is 11.8 Å². The van der Waals surface area contributed by atoms with Crippen LogP contribution < -0.4 is 10.6 Å². The molecular formula is C19H22N2O2S. The SMILES string of the molecule is Cc1ccc(NC(=O)CSCC(=O)N[C@@H](C)c2ccccc2)cc1. The molecule has 2 rings (SSSR count). The Hall–Kier alpha value is -2.27. The van der Waals surface area contributed by atoms with E-state index in [0.29, 0.717) is 0 Å². The average Bonchev–Trinajstić information content (AvgIpc) is 2.57. The van der Waals surface area contributed by atoms with Gasteiger partial charge in [0.25, 0.3) is 0 Å². The van der Waals surface area contributed by atoms with E-state index in [-0.39, 0.29) is 29.4 Å². The summed E-state index contributed by atoms with van der Waals surface area (Å²) in [5.41, 5.74) is 2.98. The Labute approximate surface area is 147 Å². The van der Waals surface area contributed by atoms with Crippen molar-refractivity contribution in [3.8, 4) is 0 Å². The first kappa shape index (κ1) is 18.1. The maximum absolute atomic E-state index is 11.9. The highest BCUT2D eigenvalue weighted by Gasteiger charge is 2.10. The first-order valence-corrected chi connectivity index (χ1v) is 8.98. The number of anilines is 1. The smallest absolute Gasteiger partial charge is 0.234 e. The number of thioether (sulfide) groups is 1. The molecule has 0 aromatic heterocycles. The van der Waals surface area contributed by atoms with E-state index in [9.17, 15) is 9.59 Å². The molecule has 5 heteroatoms. The summed E-state index contributed by atoms with van der Waals surface area (Å²) in [6.07, 6.45) is 0. The number of nitrogens with one attached hydrogen (secondary N) is 2. The Balaban J connectivity index is 1.68. The molecule has 0 fully saturated rings. The van der Waals surface area contributed by atoms with Gasteiger partial charge in [-0.15, -0.1) is 11.8 Å². The first-order chi connectivity index (χ1) is 11.5. The fourth-order valence-corrected chi connectivity index (χ4v) is 2.81. The molecule has 4 nitrogen and oxygen atoms in total. The third-order valence-electron chi connectivity index (χ3n) is 3.48. The van der Waals surface area contributed by atoms with Crippen molar-refractivity contribution in [2.24, 2.45) is 0 Å². The molecule has 0 saturated carbocycles. The van der Waals surface area contributed by atoms with Crippen LogP contribution in [0.3, 0.4) is 0 Å². The van der Waals surface area contributed by atoms with Crippen LogP contribution in [-0.2, 0) is 9.59 Å². The van der Waals surface area contributed by atoms with E-state index in [2.05, 4.69) is 10.6 Å². The summed E-state index contributed by atoms with van der Waals surface area (Å²) < 4.78 is 0. The molecule has 24 heavy (non-hydrogen) atoms. The predicted octanol–water partition coefficient (Wildman–Crippen LogP) is 3.54. The molecule has 0 bridgehead atoms. The lowest BCUT2D eigenvalue weighted by atomic mass is 10.1. The number of carbonyl (C=O) groups excluding carboxylic acids is 2. The second-order valence-corrected chi connectivity index (χ2v) is 6.59. The third-order valence-corrected chi connectivity index (χ3v) is 4.41. The van der Waals surface area contributed by atoms with E-state index >= 15 is 0 Å². The molecule has 0 radical (unpaired) electrons. The maximum Gasteiger partial charge on any atom is 0.234 e. The minimum absolute atomic E-state index is 0.0410. The second kappa shape index (κ2) is 9.13. The summed E-state index contributed by atoms with van der Waals surface area (Å²) >= 11 is 1.30. The molecule has 0 aliphatic rings. The van der Waals surface area contributed by atoms with Crippen LogP contribution in [0.2, 0.25) is 0 Å². The summed E-state index contributed by atoms with van der Waals surface area (Å²) in [6, 6.07) is 17.4. The molecule has 2 aromatic rings. The van der Waals surface area contributed by atoms with Gasteiger partial charge in [0.1, 0.15) is 0 Å². The van der Waals surface area contributed by atoms with Crippen molar-refractivity contribution in [2.45, 2.75) is 19.9 Å². The van der Waals surface area contributed by atoms with Gasteiger partial charge >= 0.3 is 0 Å². The summed E-state index contributed by atoms with van der Waals surface area (Å²) in [7, 11) is 0. The van der Waals surface area contributed by atoms with E-state index in [1.165, 1.54) is 11.8 Å². The molecule has 0 aliphatic heterocycles. The third kappa shape index (κ3) is 6.08. The van der Waals surface area contributed by atoms with Gasteiger partial charge in [-0.05, 0) is 31.5 Å². The Morgan fingerprint density at radius 3 is 2.25 bits per heavy atom. The van der Waals surface area contributed by atoms with Crippen LogP contribution in [0.4, 0.5) is 5.69 Å². The van der Waals surface area contributed by atoms with Crippen molar-refractivity contribution in [2.75, 3.05) is 16.8 Å². The minimum Gasteiger partial charge on any atom is -0.349 e. The van der Waals surface area contributed by atoms with Gasteiger partial charge in [0.15, 0.2) is 0 Å². The molecule has 2 N–H and O–H groups in total. The normalized spacial score (nSPS) is 11.6.